The van der Waals surface area contributed by atoms with Crippen molar-refractivity contribution in [1.82, 2.24) is 4.90 Å². The first-order valence-corrected chi connectivity index (χ1v) is 24.2. The van der Waals surface area contributed by atoms with Crippen molar-refractivity contribution in [3.05, 3.63) is 42.5 Å². The summed E-state index contributed by atoms with van der Waals surface area (Å²) in [7, 11) is 0. The van der Waals surface area contributed by atoms with Gasteiger partial charge < -0.3 is 43.4 Å². The minimum atomic E-state index is -1.41. The van der Waals surface area contributed by atoms with E-state index in [1.54, 1.807) is 6.92 Å². The molecule has 0 saturated heterocycles. The number of aliphatic carboxylic acids is 2. The van der Waals surface area contributed by atoms with Gasteiger partial charge in [-0.2, -0.15) is 75.8 Å². The highest BCUT2D eigenvalue weighted by molar-refractivity contribution is 7.81. The Bertz CT molecular complexity index is 1390. The first-order chi connectivity index (χ1) is 31.4. The van der Waals surface area contributed by atoms with Gasteiger partial charge in [0.2, 0.25) is 0 Å². The molecule has 0 fully saturated rings. The summed E-state index contributed by atoms with van der Waals surface area (Å²) >= 11 is 24.2. The largest absolute Gasteiger partial charge is 0.480 e. The fourth-order valence-corrected chi connectivity index (χ4v) is 5.71. The summed E-state index contributed by atoms with van der Waals surface area (Å²) in [6.45, 7) is 2.32. The van der Waals surface area contributed by atoms with Crippen LogP contribution in [0.1, 0.15) is 51.0 Å². The first kappa shape index (κ1) is 64.8. The zero-order valence-electron chi connectivity index (χ0n) is 37.1. The zero-order valence-corrected chi connectivity index (χ0v) is 42.4. The molecule has 0 saturated carbocycles. The van der Waals surface area contributed by atoms with Gasteiger partial charge in [0, 0.05) is 34.5 Å². The third-order valence-electron chi connectivity index (χ3n) is 8.15. The van der Waals surface area contributed by atoms with Crippen LogP contribution in [-0.2, 0) is 71.5 Å². The first-order valence-electron chi connectivity index (χ1n) is 20.4. The van der Waals surface area contributed by atoms with Crippen LogP contribution in [0.15, 0.2) is 36.9 Å². The van der Waals surface area contributed by atoms with E-state index < -0.39 is 58.6 Å². The number of ether oxygens (including phenoxy) is 7. The van der Waals surface area contributed by atoms with Crippen molar-refractivity contribution in [2.24, 2.45) is 10.8 Å². The van der Waals surface area contributed by atoms with E-state index in [1.807, 2.05) is 36.4 Å². The molecule has 1 aromatic rings. The van der Waals surface area contributed by atoms with Crippen LogP contribution in [-0.4, -0.2) is 170 Å². The van der Waals surface area contributed by atoms with Gasteiger partial charge in [-0.1, -0.05) is 49.9 Å². The van der Waals surface area contributed by atoms with E-state index in [0.29, 0.717) is 6.54 Å². The molecule has 66 heavy (non-hydrogen) atoms. The Kier molecular flexibility index (Phi) is 40.0. The maximum atomic E-state index is 12.3. The molecule has 0 atom stereocenters. The lowest BCUT2D eigenvalue weighted by Gasteiger charge is -2.35. The molecule has 0 aromatic heterocycles. The number of carboxylic acids is 2. The minimum Gasteiger partial charge on any atom is -0.480 e. The molecule has 1 rings (SSSR count). The molecule has 24 heteroatoms. The normalized spacial score (nSPS) is 10.8. The number of carbonyl (C=O) groups excluding carboxylic acids is 6. The second-order valence-corrected chi connectivity index (χ2v) is 16.7. The van der Waals surface area contributed by atoms with E-state index in [1.165, 1.54) is 10.5 Å². The number of likely N-dealkylation sites (N-methyl/N-ethyl adjacent to an activating group) is 1. The summed E-state index contributed by atoms with van der Waals surface area (Å²) in [5.41, 5.74) is -1.65. The second-order valence-electron chi connectivity index (χ2n) is 14.0. The van der Waals surface area contributed by atoms with Crippen LogP contribution in [0, 0.1) is 10.8 Å². The van der Waals surface area contributed by atoms with E-state index in [9.17, 15) is 38.4 Å². The van der Waals surface area contributed by atoms with Crippen molar-refractivity contribution in [2.45, 2.75) is 45.4 Å². The van der Waals surface area contributed by atoms with Gasteiger partial charge >= 0.3 is 47.8 Å². The lowest BCUT2D eigenvalue weighted by atomic mass is 9.90. The van der Waals surface area contributed by atoms with Crippen molar-refractivity contribution in [1.29, 1.82) is 0 Å². The molecular weight excluding hydrogens is 983 g/mol. The molecule has 1 aromatic carbocycles. The third-order valence-corrected chi connectivity index (χ3v) is 9.49. The van der Waals surface area contributed by atoms with E-state index >= 15 is 0 Å². The molecule has 0 spiro atoms. The monoisotopic (exact) mass is 1050 g/mol. The average Bonchev–Trinajstić information content (AvgIpc) is 3.28. The van der Waals surface area contributed by atoms with Crippen LogP contribution in [0.4, 0.5) is 0 Å². The number of rotatable bonds is 34. The van der Waals surface area contributed by atoms with Crippen molar-refractivity contribution < 1.29 is 81.7 Å². The van der Waals surface area contributed by atoms with Gasteiger partial charge in [-0.15, -0.1) is 0 Å². The lowest BCUT2D eigenvalue weighted by Crippen LogP contribution is -2.47. The molecule has 376 valence electrons. The maximum absolute atomic E-state index is 12.3. The molecule has 0 heterocycles. The Balaban J connectivity index is 0. The summed E-state index contributed by atoms with van der Waals surface area (Å²) in [5.74, 6) is -4.38. The van der Waals surface area contributed by atoms with E-state index in [-0.39, 0.29) is 139 Å². The number of nitrogens with zero attached hydrogens (tertiary/aromatic N) is 1. The number of carboxylic acid groups (broad SMARTS) is 2. The smallest absolute Gasteiger partial charge is 0.317 e. The van der Waals surface area contributed by atoms with Gasteiger partial charge in [-0.05, 0) is 12.1 Å². The molecule has 0 aliphatic carbocycles. The highest BCUT2D eigenvalue weighted by Gasteiger charge is 2.41. The Morgan fingerprint density at radius 2 is 0.758 bits per heavy atom. The number of hydrogen-bond acceptors (Lipinski definition) is 22. The minimum absolute atomic E-state index is 0.0189. The van der Waals surface area contributed by atoms with Crippen LogP contribution in [0.5, 0.6) is 0 Å². The van der Waals surface area contributed by atoms with E-state index in [4.69, 9.17) is 43.4 Å². The molecule has 2 N–H and O–H groups in total. The summed E-state index contributed by atoms with van der Waals surface area (Å²) in [5, 5.41) is 16.6. The van der Waals surface area contributed by atoms with Crippen molar-refractivity contribution in [3.63, 3.8) is 0 Å². The van der Waals surface area contributed by atoms with E-state index in [0.717, 1.165) is 0 Å². The van der Waals surface area contributed by atoms with Crippen molar-refractivity contribution >= 4 is 130 Å². The standard InChI is InChI=1S/C28H46O13S6.C8H8.C6H11NO4/c29-21(1-7-42)36-15-27(16-37-22(30)2-8-43,17-38-23(31)3-9-44)13-35-14-28(18-39-24(32)4-10-45,19-40-25(33)5-11-46)20-41-26(34)6-12-47;1-2-8-6-4-3-5-7-8;1-2-7(3-5(8)9)4-6(10)11/h42-47H,1-20H2;2-7H,1H2;2-4H2,1H3,(H,8,9)(H,10,11). The predicted octanol–water partition coefficient (Wildman–Crippen LogP) is 3.96. The van der Waals surface area contributed by atoms with Gasteiger partial charge in [-0.25, -0.2) is 0 Å². The molecule has 0 radical (unpaired) electrons. The Morgan fingerprint density at radius 3 is 0.939 bits per heavy atom. The number of esters is 6. The number of thiol groups is 6. The molecule has 0 aliphatic heterocycles. The van der Waals surface area contributed by atoms with Gasteiger partial charge in [0.1, 0.15) is 39.6 Å². The summed E-state index contributed by atoms with van der Waals surface area (Å²) in [6, 6.07) is 10.0. The average molecular weight is 1050 g/mol. The predicted molar refractivity (Wildman–Crippen MR) is 266 cm³/mol. The van der Waals surface area contributed by atoms with Crippen LogP contribution in [0.2, 0.25) is 0 Å². The second kappa shape index (κ2) is 40.8. The number of benzene rings is 1. The van der Waals surface area contributed by atoms with Crippen molar-refractivity contribution in [3.8, 4) is 0 Å². The van der Waals surface area contributed by atoms with Crippen LogP contribution in [0.25, 0.3) is 6.08 Å². The van der Waals surface area contributed by atoms with Crippen LogP contribution < -0.4 is 0 Å². The SMILES string of the molecule is C=Cc1ccccc1.CCN(CC(=O)O)CC(=O)O.O=C(CCS)OCC(COCC(COC(=O)CCS)(COC(=O)CCS)COC(=O)CCS)(COC(=O)CCS)COC(=O)CCS. The maximum Gasteiger partial charge on any atom is 0.317 e. The summed E-state index contributed by atoms with van der Waals surface area (Å²) in [6.07, 6.45) is 1.72. The Labute approximate surface area is 419 Å². The topological polar surface area (TPSA) is 245 Å². The highest BCUT2D eigenvalue weighted by Crippen LogP contribution is 2.27. The van der Waals surface area contributed by atoms with Gasteiger partial charge in [0.15, 0.2) is 0 Å². The number of carbonyl (C=O) groups is 8. The van der Waals surface area contributed by atoms with Crippen LogP contribution >= 0.6 is 75.8 Å². The summed E-state index contributed by atoms with van der Waals surface area (Å²) in [4.78, 5) is 95.4. The molecule has 0 amide bonds. The van der Waals surface area contributed by atoms with Crippen molar-refractivity contribution in [2.75, 3.05) is 107 Å². The van der Waals surface area contributed by atoms with Gasteiger partial charge in [-0.3, -0.25) is 43.3 Å². The molecule has 18 nitrogen and oxygen atoms in total. The molecular formula is C42H65NO17S6. The van der Waals surface area contributed by atoms with Gasteiger partial charge in [0.25, 0.3) is 0 Å². The quantitative estimate of drug-likeness (QED) is 0.0277. The van der Waals surface area contributed by atoms with E-state index in [2.05, 4.69) is 82.4 Å². The van der Waals surface area contributed by atoms with Crippen LogP contribution in [0.3, 0.4) is 0 Å². The highest BCUT2D eigenvalue weighted by atomic mass is 32.1. The van der Waals surface area contributed by atoms with Gasteiger partial charge in [0.05, 0.1) is 75.7 Å². The summed E-state index contributed by atoms with van der Waals surface area (Å²) < 4.78 is 38.6. The lowest BCUT2D eigenvalue weighted by molar-refractivity contribution is -0.175. The molecule has 0 unspecified atom stereocenters. The fourth-order valence-electron chi connectivity index (χ4n) is 4.62. The third kappa shape index (κ3) is 35.0. The Hall–Kier alpha value is -3.26. The number of hydrogen-bond donors (Lipinski definition) is 8. The molecule has 0 bridgehead atoms. The molecule has 0 aliphatic rings. The fraction of sp³-hybridized carbons (Fsp3) is 0.619. The zero-order chi connectivity index (χ0) is 50.2. The Morgan fingerprint density at radius 1 is 0.500 bits per heavy atom.